The molecule has 0 aliphatic carbocycles. The van der Waals surface area contributed by atoms with Crippen LogP contribution in [0.5, 0.6) is 5.75 Å². The Morgan fingerprint density at radius 2 is 1.60 bits per heavy atom. The predicted molar refractivity (Wildman–Crippen MR) is 97.6 cm³/mol. The number of ether oxygens (including phenoxy) is 1. The van der Waals surface area contributed by atoms with Gasteiger partial charge >= 0.3 is 6.03 Å². The summed E-state index contributed by atoms with van der Waals surface area (Å²) in [7, 11) is 1.65. The van der Waals surface area contributed by atoms with Crippen LogP contribution in [0.3, 0.4) is 0 Å². The number of likely N-dealkylation sites (tertiary alicyclic amines) is 1. The second kappa shape index (κ2) is 8.51. The lowest BCUT2D eigenvalue weighted by Gasteiger charge is -2.26. The van der Waals surface area contributed by atoms with E-state index < -0.39 is 0 Å². The number of methoxy groups -OCH3 is 1. The molecule has 2 heterocycles. The molecule has 1 saturated heterocycles. The van der Waals surface area contributed by atoms with E-state index in [2.05, 4.69) is 10.3 Å². The van der Waals surface area contributed by atoms with Gasteiger partial charge in [-0.1, -0.05) is 25.0 Å². The molecule has 0 bridgehead atoms. The third-order valence-electron chi connectivity index (χ3n) is 4.65. The largest absolute Gasteiger partial charge is 0.497 e. The molecule has 5 nitrogen and oxygen atoms in total. The van der Waals surface area contributed by atoms with Gasteiger partial charge in [0.15, 0.2) is 0 Å². The topological polar surface area (TPSA) is 54.5 Å². The zero-order valence-corrected chi connectivity index (χ0v) is 14.6. The highest BCUT2D eigenvalue weighted by Gasteiger charge is 2.21. The van der Waals surface area contributed by atoms with E-state index in [9.17, 15) is 4.79 Å². The Kier molecular flexibility index (Phi) is 5.88. The number of rotatable bonds is 4. The van der Waals surface area contributed by atoms with E-state index in [1.54, 1.807) is 19.5 Å². The van der Waals surface area contributed by atoms with E-state index in [1.807, 2.05) is 41.3 Å². The number of urea groups is 1. The van der Waals surface area contributed by atoms with Crippen molar-refractivity contribution in [1.29, 1.82) is 0 Å². The number of carbonyl (C=O) groups is 1. The van der Waals surface area contributed by atoms with Gasteiger partial charge in [-0.25, -0.2) is 4.79 Å². The van der Waals surface area contributed by atoms with Crippen LogP contribution in [0.4, 0.5) is 4.79 Å². The standard InChI is InChI=1S/C20H25N3O2/c1-25-18-8-6-16(7-9-18)19(17-10-12-21-13-11-17)22-20(24)23-14-4-2-3-5-15-23/h6-13,19H,2-5,14-15H2,1H3,(H,22,24)/t19-/m1/s1. The molecular formula is C20H25N3O2. The lowest BCUT2D eigenvalue weighted by molar-refractivity contribution is 0.197. The van der Waals surface area contributed by atoms with Crippen molar-refractivity contribution >= 4 is 6.03 Å². The number of hydrogen-bond acceptors (Lipinski definition) is 3. The highest BCUT2D eigenvalue weighted by Crippen LogP contribution is 2.24. The lowest BCUT2D eigenvalue weighted by atomic mass is 9.99. The molecule has 1 aromatic heterocycles. The maximum Gasteiger partial charge on any atom is 0.318 e. The Hall–Kier alpha value is -2.56. The molecule has 3 rings (SSSR count). The minimum absolute atomic E-state index is 0.000435. The smallest absolute Gasteiger partial charge is 0.318 e. The quantitative estimate of drug-likeness (QED) is 0.922. The van der Waals surface area contributed by atoms with Crippen LogP contribution in [-0.2, 0) is 0 Å². The zero-order valence-electron chi connectivity index (χ0n) is 14.6. The molecule has 1 aromatic carbocycles. The molecule has 0 saturated carbocycles. The van der Waals surface area contributed by atoms with Crippen molar-refractivity contribution in [2.75, 3.05) is 20.2 Å². The molecule has 1 atom stereocenters. The van der Waals surface area contributed by atoms with Crippen molar-refractivity contribution in [3.05, 3.63) is 59.9 Å². The number of nitrogens with one attached hydrogen (secondary N) is 1. The number of amides is 2. The SMILES string of the molecule is COc1ccc([C@@H](NC(=O)N2CCCCCC2)c2ccncc2)cc1. The van der Waals surface area contributed by atoms with E-state index in [1.165, 1.54) is 12.8 Å². The van der Waals surface area contributed by atoms with Crippen molar-refractivity contribution in [2.45, 2.75) is 31.7 Å². The van der Waals surface area contributed by atoms with E-state index >= 15 is 0 Å². The Balaban J connectivity index is 1.82. The van der Waals surface area contributed by atoms with E-state index in [4.69, 9.17) is 4.74 Å². The van der Waals surface area contributed by atoms with Crippen LogP contribution in [0.15, 0.2) is 48.8 Å². The Labute approximate surface area is 149 Å². The molecule has 1 fully saturated rings. The summed E-state index contributed by atoms with van der Waals surface area (Å²) in [5.41, 5.74) is 2.04. The Morgan fingerprint density at radius 3 is 2.20 bits per heavy atom. The fraction of sp³-hybridized carbons (Fsp3) is 0.400. The molecular weight excluding hydrogens is 314 g/mol. The summed E-state index contributed by atoms with van der Waals surface area (Å²) in [5, 5.41) is 3.20. The second-order valence-electron chi connectivity index (χ2n) is 6.34. The number of nitrogens with zero attached hydrogens (tertiary/aromatic N) is 2. The predicted octanol–water partition coefficient (Wildman–Crippen LogP) is 3.77. The van der Waals surface area contributed by atoms with Gasteiger partial charge in [-0.05, 0) is 48.2 Å². The summed E-state index contributed by atoms with van der Waals surface area (Å²) in [6, 6.07) is 11.5. The van der Waals surface area contributed by atoms with Gasteiger partial charge < -0.3 is 15.0 Å². The first-order chi connectivity index (χ1) is 12.3. The average molecular weight is 339 g/mol. The first-order valence-corrected chi connectivity index (χ1v) is 8.87. The summed E-state index contributed by atoms with van der Waals surface area (Å²) in [5.74, 6) is 0.802. The van der Waals surface area contributed by atoms with Crippen LogP contribution < -0.4 is 10.1 Å². The fourth-order valence-electron chi connectivity index (χ4n) is 3.20. The fourth-order valence-corrected chi connectivity index (χ4v) is 3.20. The molecule has 0 spiro atoms. The van der Waals surface area contributed by atoms with Gasteiger partial charge in [-0.15, -0.1) is 0 Å². The molecule has 1 N–H and O–H groups in total. The van der Waals surface area contributed by atoms with Crippen LogP contribution >= 0.6 is 0 Å². The van der Waals surface area contributed by atoms with Crippen LogP contribution in [0, 0.1) is 0 Å². The van der Waals surface area contributed by atoms with E-state index in [-0.39, 0.29) is 12.1 Å². The number of aromatic nitrogens is 1. The molecule has 5 heteroatoms. The van der Waals surface area contributed by atoms with Gasteiger partial charge in [-0.2, -0.15) is 0 Å². The summed E-state index contributed by atoms with van der Waals surface area (Å²) >= 11 is 0. The summed E-state index contributed by atoms with van der Waals surface area (Å²) < 4.78 is 5.24. The molecule has 25 heavy (non-hydrogen) atoms. The van der Waals surface area contributed by atoms with Crippen molar-refractivity contribution in [2.24, 2.45) is 0 Å². The summed E-state index contributed by atoms with van der Waals surface area (Å²) in [4.78, 5) is 18.8. The van der Waals surface area contributed by atoms with Crippen molar-refractivity contribution in [3.63, 3.8) is 0 Å². The number of pyridine rings is 1. The minimum Gasteiger partial charge on any atom is -0.497 e. The molecule has 1 aliphatic heterocycles. The van der Waals surface area contributed by atoms with Gasteiger partial charge in [0.2, 0.25) is 0 Å². The lowest BCUT2D eigenvalue weighted by Crippen LogP contribution is -2.42. The van der Waals surface area contributed by atoms with Crippen LogP contribution in [0.1, 0.15) is 42.9 Å². The van der Waals surface area contributed by atoms with Gasteiger partial charge in [0, 0.05) is 25.5 Å². The number of benzene rings is 1. The van der Waals surface area contributed by atoms with Gasteiger partial charge in [0.25, 0.3) is 0 Å². The van der Waals surface area contributed by atoms with E-state index in [0.717, 1.165) is 42.8 Å². The molecule has 132 valence electrons. The zero-order chi connectivity index (χ0) is 17.5. The van der Waals surface area contributed by atoms with Crippen molar-refractivity contribution < 1.29 is 9.53 Å². The normalized spacial score (nSPS) is 16.0. The van der Waals surface area contributed by atoms with Crippen LogP contribution in [-0.4, -0.2) is 36.1 Å². The third kappa shape index (κ3) is 4.50. The van der Waals surface area contributed by atoms with Gasteiger partial charge in [0.1, 0.15) is 5.75 Å². The van der Waals surface area contributed by atoms with Crippen molar-refractivity contribution in [3.8, 4) is 5.75 Å². The minimum atomic E-state index is -0.204. The number of carbonyl (C=O) groups excluding carboxylic acids is 1. The highest BCUT2D eigenvalue weighted by atomic mass is 16.5. The van der Waals surface area contributed by atoms with Crippen molar-refractivity contribution in [1.82, 2.24) is 15.2 Å². The maximum absolute atomic E-state index is 12.8. The summed E-state index contributed by atoms with van der Waals surface area (Å²) in [6.07, 6.45) is 8.08. The molecule has 2 amide bonds. The molecule has 0 radical (unpaired) electrons. The Bertz CT molecular complexity index is 665. The highest BCUT2D eigenvalue weighted by molar-refractivity contribution is 5.75. The average Bonchev–Trinajstić information content (AvgIpc) is 2.96. The molecule has 0 unspecified atom stereocenters. The van der Waals surface area contributed by atoms with E-state index in [0.29, 0.717) is 0 Å². The van der Waals surface area contributed by atoms with Gasteiger partial charge in [0.05, 0.1) is 13.2 Å². The first kappa shape index (κ1) is 17.3. The van der Waals surface area contributed by atoms with Crippen LogP contribution in [0.2, 0.25) is 0 Å². The van der Waals surface area contributed by atoms with Gasteiger partial charge in [-0.3, -0.25) is 4.98 Å². The monoisotopic (exact) mass is 339 g/mol. The number of hydrogen-bond donors (Lipinski definition) is 1. The van der Waals surface area contributed by atoms with Crippen LogP contribution in [0.25, 0.3) is 0 Å². The Morgan fingerprint density at radius 1 is 1.00 bits per heavy atom. The first-order valence-electron chi connectivity index (χ1n) is 8.87. The molecule has 2 aromatic rings. The summed E-state index contributed by atoms with van der Waals surface area (Å²) in [6.45, 7) is 1.66. The maximum atomic E-state index is 12.8. The molecule has 1 aliphatic rings. The second-order valence-corrected chi connectivity index (χ2v) is 6.34. The third-order valence-corrected chi connectivity index (χ3v) is 4.65.